The minimum atomic E-state index is 0.294. The van der Waals surface area contributed by atoms with Crippen molar-refractivity contribution >= 4 is 22.7 Å². The smallest absolute Gasteiger partial charge is 0.239 e. The Kier molecular flexibility index (Phi) is 3.66. The fourth-order valence-electron chi connectivity index (χ4n) is 2.55. The monoisotopic (exact) mass is 273 g/mol. The molecular weight excluding hydrogens is 254 g/mol. The zero-order valence-corrected chi connectivity index (χ0v) is 11.5. The summed E-state index contributed by atoms with van der Waals surface area (Å²) < 4.78 is 5.58. The quantitative estimate of drug-likeness (QED) is 0.581. The molecule has 106 valence electrons. The second-order valence-electron chi connectivity index (χ2n) is 5.06. The number of nitrogens with two attached hydrogens (primary N) is 1. The molecule has 0 amide bonds. The first-order valence-electron chi connectivity index (χ1n) is 6.87. The fourth-order valence-corrected chi connectivity index (χ4v) is 2.55. The lowest BCUT2D eigenvalue weighted by Crippen LogP contribution is -2.21. The first-order valence-corrected chi connectivity index (χ1v) is 6.87. The normalized spacial score (nSPS) is 22.1. The number of hydrogen-bond donors (Lipinski definition) is 3. The molecule has 1 aliphatic rings. The summed E-state index contributed by atoms with van der Waals surface area (Å²) >= 11 is 0. The van der Waals surface area contributed by atoms with E-state index in [0.717, 1.165) is 36.3 Å². The van der Waals surface area contributed by atoms with Gasteiger partial charge in [-0.25, -0.2) is 10.8 Å². The maximum absolute atomic E-state index is 5.58. The van der Waals surface area contributed by atoms with Crippen LogP contribution >= 0.6 is 0 Å². The molecular formula is C14H19N5O. The number of aromatic nitrogens is 2. The molecule has 1 aromatic carbocycles. The molecule has 0 radical (unpaired) electrons. The van der Waals surface area contributed by atoms with Gasteiger partial charge < -0.3 is 10.1 Å². The third-order valence-corrected chi connectivity index (χ3v) is 3.80. The van der Waals surface area contributed by atoms with Crippen LogP contribution in [0, 0.1) is 5.92 Å². The summed E-state index contributed by atoms with van der Waals surface area (Å²) in [6.07, 6.45) is 1.38. The molecule has 1 saturated heterocycles. The number of hydrogen-bond acceptors (Lipinski definition) is 6. The standard InChI is InChI=1S/C14H19N5O/c1-9-10(6-7-20-9)8-16-13-11-4-2-3-5-12(11)17-14(18-13)19-15/h2-5,9-10H,6-8,15H2,1H3,(H2,16,17,18,19). The second-order valence-corrected chi connectivity index (χ2v) is 5.06. The van der Waals surface area contributed by atoms with Crippen molar-refractivity contribution in [2.24, 2.45) is 11.8 Å². The fraction of sp³-hybridized carbons (Fsp3) is 0.429. The van der Waals surface area contributed by atoms with Crippen LogP contribution in [0.2, 0.25) is 0 Å². The molecule has 6 heteroatoms. The van der Waals surface area contributed by atoms with Crippen molar-refractivity contribution in [3.8, 4) is 0 Å². The molecule has 0 aliphatic carbocycles. The van der Waals surface area contributed by atoms with E-state index >= 15 is 0 Å². The lowest BCUT2D eigenvalue weighted by Gasteiger charge is -2.16. The van der Waals surface area contributed by atoms with Crippen LogP contribution < -0.4 is 16.6 Å². The van der Waals surface area contributed by atoms with Crippen LogP contribution in [0.5, 0.6) is 0 Å². The molecule has 0 bridgehead atoms. The topological polar surface area (TPSA) is 85.1 Å². The molecule has 1 aromatic heterocycles. The molecule has 20 heavy (non-hydrogen) atoms. The van der Waals surface area contributed by atoms with Gasteiger partial charge in [-0.1, -0.05) is 12.1 Å². The Morgan fingerprint density at radius 2 is 2.20 bits per heavy atom. The van der Waals surface area contributed by atoms with Crippen LogP contribution in [-0.2, 0) is 4.74 Å². The number of fused-ring (bicyclic) bond motifs is 1. The largest absolute Gasteiger partial charge is 0.378 e. The van der Waals surface area contributed by atoms with E-state index < -0.39 is 0 Å². The third-order valence-electron chi connectivity index (χ3n) is 3.80. The van der Waals surface area contributed by atoms with Crippen LogP contribution in [0.3, 0.4) is 0 Å². The number of hydrazine groups is 1. The molecule has 4 N–H and O–H groups in total. The third kappa shape index (κ3) is 2.52. The maximum Gasteiger partial charge on any atom is 0.239 e. The Hall–Kier alpha value is -1.92. The molecule has 3 rings (SSSR count). The van der Waals surface area contributed by atoms with Gasteiger partial charge in [-0.15, -0.1) is 0 Å². The summed E-state index contributed by atoms with van der Waals surface area (Å²) in [6.45, 7) is 3.80. The van der Waals surface area contributed by atoms with Gasteiger partial charge in [-0.05, 0) is 25.5 Å². The first kappa shape index (κ1) is 13.1. The summed E-state index contributed by atoms with van der Waals surface area (Å²) in [4.78, 5) is 8.74. The number of ether oxygens (including phenoxy) is 1. The van der Waals surface area contributed by atoms with Gasteiger partial charge in [0.05, 0.1) is 11.6 Å². The summed E-state index contributed by atoms with van der Waals surface area (Å²) in [6, 6.07) is 7.89. The van der Waals surface area contributed by atoms with E-state index in [2.05, 4.69) is 27.6 Å². The van der Waals surface area contributed by atoms with Crippen molar-refractivity contribution in [2.75, 3.05) is 23.9 Å². The predicted octanol–water partition coefficient (Wildman–Crippen LogP) is 1.75. The highest BCUT2D eigenvalue weighted by atomic mass is 16.5. The first-order chi connectivity index (χ1) is 9.78. The van der Waals surface area contributed by atoms with Crippen LogP contribution in [0.1, 0.15) is 13.3 Å². The molecule has 2 unspecified atom stereocenters. The van der Waals surface area contributed by atoms with Gasteiger partial charge in [0.15, 0.2) is 0 Å². The van der Waals surface area contributed by atoms with E-state index in [4.69, 9.17) is 10.6 Å². The highest BCUT2D eigenvalue weighted by Gasteiger charge is 2.24. The zero-order chi connectivity index (χ0) is 13.9. The van der Waals surface area contributed by atoms with Crippen molar-refractivity contribution < 1.29 is 4.74 Å². The molecule has 6 nitrogen and oxygen atoms in total. The Balaban J connectivity index is 1.85. The average molecular weight is 273 g/mol. The van der Waals surface area contributed by atoms with Crippen LogP contribution in [0.4, 0.5) is 11.8 Å². The number of nitrogen functional groups attached to an aromatic ring is 1. The Bertz CT molecular complexity index is 603. The number of para-hydroxylation sites is 1. The van der Waals surface area contributed by atoms with E-state index in [0.29, 0.717) is 18.0 Å². The zero-order valence-electron chi connectivity index (χ0n) is 11.5. The van der Waals surface area contributed by atoms with Crippen molar-refractivity contribution in [1.82, 2.24) is 9.97 Å². The van der Waals surface area contributed by atoms with Gasteiger partial charge in [-0.2, -0.15) is 4.98 Å². The van der Waals surface area contributed by atoms with E-state index in [-0.39, 0.29) is 0 Å². The highest BCUT2D eigenvalue weighted by molar-refractivity contribution is 5.89. The maximum atomic E-state index is 5.58. The van der Waals surface area contributed by atoms with E-state index in [1.807, 2.05) is 24.3 Å². The summed E-state index contributed by atoms with van der Waals surface area (Å²) in [5.41, 5.74) is 3.38. The van der Waals surface area contributed by atoms with Crippen LogP contribution in [0.15, 0.2) is 24.3 Å². The SMILES string of the molecule is CC1OCCC1CNc1nc(NN)nc2ccccc12. The molecule has 0 saturated carbocycles. The summed E-state index contributed by atoms with van der Waals surface area (Å²) in [5, 5.41) is 4.41. The van der Waals surface area contributed by atoms with Crippen molar-refractivity contribution in [3.05, 3.63) is 24.3 Å². The Morgan fingerprint density at radius 3 is 2.95 bits per heavy atom. The molecule has 0 spiro atoms. The minimum Gasteiger partial charge on any atom is -0.378 e. The van der Waals surface area contributed by atoms with Crippen molar-refractivity contribution in [1.29, 1.82) is 0 Å². The van der Waals surface area contributed by atoms with Gasteiger partial charge in [-0.3, -0.25) is 5.43 Å². The van der Waals surface area contributed by atoms with E-state index in [1.165, 1.54) is 0 Å². The second kappa shape index (κ2) is 5.60. The molecule has 1 aliphatic heterocycles. The van der Waals surface area contributed by atoms with Gasteiger partial charge >= 0.3 is 0 Å². The van der Waals surface area contributed by atoms with Crippen LogP contribution in [0.25, 0.3) is 10.9 Å². The van der Waals surface area contributed by atoms with Crippen LogP contribution in [-0.4, -0.2) is 29.2 Å². The van der Waals surface area contributed by atoms with E-state index in [9.17, 15) is 0 Å². The highest BCUT2D eigenvalue weighted by Crippen LogP contribution is 2.24. The number of nitrogens with one attached hydrogen (secondary N) is 2. The Morgan fingerprint density at radius 1 is 1.35 bits per heavy atom. The molecule has 2 heterocycles. The predicted molar refractivity (Wildman–Crippen MR) is 79.4 cm³/mol. The number of nitrogens with zero attached hydrogens (tertiary/aromatic N) is 2. The Labute approximate surface area is 117 Å². The summed E-state index contributed by atoms with van der Waals surface area (Å²) in [5.74, 6) is 7.17. The van der Waals surface area contributed by atoms with Crippen molar-refractivity contribution in [3.63, 3.8) is 0 Å². The number of anilines is 2. The lowest BCUT2D eigenvalue weighted by atomic mass is 10.0. The molecule has 2 atom stereocenters. The minimum absolute atomic E-state index is 0.294. The van der Waals surface area contributed by atoms with Gasteiger partial charge in [0, 0.05) is 24.5 Å². The lowest BCUT2D eigenvalue weighted by molar-refractivity contribution is 0.108. The molecule has 1 fully saturated rings. The van der Waals surface area contributed by atoms with Gasteiger partial charge in [0.25, 0.3) is 0 Å². The molecule has 2 aromatic rings. The number of benzene rings is 1. The van der Waals surface area contributed by atoms with Gasteiger partial charge in [0.2, 0.25) is 5.95 Å². The number of rotatable bonds is 4. The van der Waals surface area contributed by atoms with E-state index in [1.54, 1.807) is 0 Å². The summed E-state index contributed by atoms with van der Waals surface area (Å²) in [7, 11) is 0. The van der Waals surface area contributed by atoms with Gasteiger partial charge in [0.1, 0.15) is 5.82 Å². The average Bonchev–Trinajstić information content (AvgIpc) is 2.89. The van der Waals surface area contributed by atoms with Crippen molar-refractivity contribution in [2.45, 2.75) is 19.4 Å².